The molecule has 2 atom stereocenters. The highest BCUT2D eigenvalue weighted by Gasteiger charge is 2.17. The van der Waals surface area contributed by atoms with Gasteiger partial charge in [-0.05, 0) is 43.7 Å². The third kappa shape index (κ3) is 3.79. The van der Waals surface area contributed by atoms with Gasteiger partial charge in [0.25, 0.3) is 0 Å². The summed E-state index contributed by atoms with van der Waals surface area (Å²) in [5.41, 5.74) is 4.14. The Labute approximate surface area is 117 Å². The van der Waals surface area contributed by atoms with Crippen LogP contribution >= 0.6 is 15.9 Å². The van der Waals surface area contributed by atoms with E-state index in [0.717, 1.165) is 30.3 Å². The normalized spacial score (nSPS) is 21.1. The molecule has 1 saturated heterocycles. The van der Waals surface area contributed by atoms with Crippen molar-refractivity contribution in [1.29, 1.82) is 0 Å². The van der Waals surface area contributed by atoms with E-state index in [1.54, 1.807) is 0 Å². The molecule has 2 rings (SSSR count). The largest absolute Gasteiger partial charge is 0.378 e. The van der Waals surface area contributed by atoms with Crippen LogP contribution < -0.4 is 11.3 Å². The molecule has 0 saturated carbocycles. The van der Waals surface area contributed by atoms with Crippen molar-refractivity contribution >= 4 is 15.9 Å². The van der Waals surface area contributed by atoms with E-state index in [0.29, 0.717) is 6.10 Å². The molecule has 0 spiro atoms. The van der Waals surface area contributed by atoms with E-state index in [2.05, 4.69) is 33.5 Å². The van der Waals surface area contributed by atoms with E-state index in [9.17, 15) is 0 Å². The molecule has 0 amide bonds. The zero-order chi connectivity index (χ0) is 12.8. The third-order valence-corrected chi connectivity index (χ3v) is 4.25. The Bertz CT molecular complexity index is 367. The van der Waals surface area contributed by atoms with Gasteiger partial charge in [-0.25, -0.2) is 0 Å². The van der Waals surface area contributed by atoms with Crippen LogP contribution in [0, 0.1) is 0 Å². The zero-order valence-electron chi connectivity index (χ0n) is 10.6. The number of hydrogen-bond donors (Lipinski definition) is 2. The van der Waals surface area contributed by atoms with Gasteiger partial charge in [0.2, 0.25) is 0 Å². The second-order valence-corrected chi connectivity index (χ2v) is 5.66. The van der Waals surface area contributed by atoms with Crippen LogP contribution in [0.3, 0.4) is 0 Å². The minimum absolute atomic E-state index is 0.210. The summed E-state index contributed by atoms with van der Waals surface area (Å²) in [4.78, 5) is 0. The van der Waals surface area contributed by atoms with Crippen LogP contribution in [0.1, 0.15) is 43.7 Å². The second kappa shape index (κ2) is 7.24. The molecule has 3 nitrogen and oxygen atoms in total. The second-order valence-electron chi connectivity index (χ2n) is 4.81. The number of ether oxygens (including phenoxy) is 1. The van der Waals surface area contributed by atoms with Crippen LogP contribution in [0.2, 0.25) is 0 Å². The number of hydrogen-bond acceptors (Lipinski definition) is 3. The Hall–Kier alpha value is -0.420. The lowest BCUT2D eigenvalue weighted by molar-refractivity contribution is 0.101. The van der Waals surface area contributed by atoms with Crippen LogP contribution in [0.5, 0.6) is 0 Å². The lowest BCUT2D eigenvalue weighted by Gasteiger charge is -2.18. The first-order chi connectivity index (χ1) is 8.81. The fourth-order valence-electron chi connectivity index (χ4n) is 2.51. The predicted molar refractivity (Wildman–Crippen MR) is 77.0 cm³/mol. The van der Waals surface area contributed by atoms with E-state index in [4.69, 9.17) is 10.6 Å². The predicted octanol–water partition coefficient (Wildman–Crippen LogP) is 3.30. The molecule has 1 aliphatic heterocycles. The van der Waals surface area contributed by atoms with Crippen molar-refractivity contribution in [2.75, 3.05) is 6.61 Å². The van der Waals surface area contributed by atoms with Gasteiger partial charge in [-0.2, -0.15) is 0 Å². The van der Waals surface area contributed by atoms with E-state index in [1.807, 2.05) is 12.1 Å². The van der Waals surface area contributed by atoms with Gasteiger partial charge >= 0.3 is 0 Å². The summed E-state index contributed by atoms with van der Waals surface area (Å²) in [6.45, 7) is 0.938. The van der Waals surface area contributed by atoms with Gasteiger partial charge in [0.05, 0.1) is 6.10 Å². The Morgan fingerprint density at radius 2 is 2.28 bits per heavy atom. The molecule has 4 heteroatoms. The number of benzene rings is 1. The van der Waals surface area contributed by atoms with Crippen LogP contribution in [0.25, 0.3) is 0 Å². The molecule has 0 aliphatic carbocycles. The first-order valence-electron chi connectivity index (χ1n) is 6.63. The molecule has 3 N–H and O–H groups in total. The molecular weight excluding hydrogens is 292 g/mol. The Kier molecular flexibility index (Phi) is 5.63. The maximum Gasteiger partial charge on any atom is 0.0576 e. The van der Waals surface area contributed by atoms with Crippen molar-refractivity contribution in [3.05, 3.63) is 34.3 Å². The molecule has 18 heavy (non-hydrogen) atoms. The molecule has 1 heterocycles. The molecule has 2 unspecified atom stereocenters. The van der Waals surface area contributed by atoms with Gasteiger partial charge < -0.3 is 4.74 Å². The van der Waals surface area contributed by atoms with Crippen molar-refractivity contribution in [3.63, 3.8) is 0 Å². The average Bonchev–Trinajstić information content (AvgIpc) is 2.89. The maximum atomic E-state index is 5.67. The van der Waals surface area contributed by atoms with Crippen molar-refractivity contribution < 1.29 is 4.74 Å². The lowest BCUT2D eigenvalue weighted by atomic mass is 10.00. The molecule has 100 valence electrons. The number of hydrazine groups is 1. The highest BCUT2D eigenvalue weighted by molar-refractivity contribution is 9.10. The number of rotatable bonds is 6. The number of halogens is 1. The van der Waals surface area contributed by atoms with Crippen molar-refractivity contribution in [2.45, 2.75) is 44.2 Å². The zero-order valence-corrected chi connectivity index (χ0v) is 12.2. The van der Waals surface area contributed by atoms with Crippen LogP contribution in [0.15, 0.2) is 28.7 Å². The Balaban J connectivity index is 1.83. The summed E-state index contributed by atoms with van der Waals surface area (Å²) in [5.74, 6) is 5.67. The van der Waals surface area contributed by atoms with Gasteiger partial charge in [0.15, 0.2) is 0 Å². The summed E-state index contributed by atoms with van der Waals surface area (Å²) in [5, 5.41) is 0. The summed E-state index contributed by atoms with van der Waals surface area (Å²) in [6, 6.07) is 8.44. The molecule has 1 aromatic rings. The standard InChI is InChI=1S/C14H21BrN2O/c15-13-8-2-1-7-12(13)14(17-16)9-3-5-11-6-4-10-18-11/h1-2,7-8,11,14,17H,3-6,9-10,16H2. The van der Waals surface area contributed by atoms with Gasteiger partial charge in [-0.3, -0.25) is 11.3 Å². The monoisotopic (exact) mass is 312 g/mol. The highest BCUT2D eigenvalue weighted by atomic mass is 79.9. The fraction of sp³-hybridized carbons (Fsp3) is 0.571. The minimum atomic E-state index is 0.210. The molecule has 0 bridgehead atoms. The van der Waals surface area contributed by atoms with Crippen LogP contribution in [-0.4, -0.2) is 12.7 Å². The molecule has 1 fully saturated rings. The van der Waals surface area contributed by atoms with Crippen molar-refractivity contribution in [1.82, 2.24) is 5.43 Å². The number of nitrogens with two attached hydrogens (primary N) is 1. The molecule has 1 aromatic carbocycles. The maximum absolute atomic E-state index is 5.67. The smallest absolute Gasteiger partial charge is 0.0576 e. The minimum Gasteiger partial charge on any atom is -0.378 e. The summed E-state index contributed by atoms with van der Waals surface area (Å²) >= 11 is 3.58. The summed E-state index contributed by atoms with van der Waals surface area (Å²) < 4.78 is 6.75. The van der Waals surface area contributed by atoms with Gasteiger partial charge in [0, 0.05) is 17.1 Å². The van der Waals surface area contributed by atoms with Crippen molar-refractivity contribution in [3.8, 4) is 0 Å². The summed E-state index contributed by atoms with van der Waals surface area (Å²) in [6.07, 6.45) is 6.23. The Morgan fingerprint density at radius 1 is 1.44 bits per heavy atom. The first kappa shape index (κ1) is 14.0. The van der Waals surface area contributed by atoms with Gasteiger partial charge in [0.1, 0.15) is 0 Å². The van der Waals surface area contributed by atoms with Crippen LogP contribution in [0.4, 0.5) is 0 Å². The fourth-order valence-corrected chi connectivity index (χ4v) is 3.07. The number of nitrogens with one attached hydrogen (secondary N) is 1. The van der Waals surface area contributed by atoms with Crippen LogP contribution in [-0.2, 0) is 4.74 Å². The lowest BCUT2D eigenvalue weighted by Crippen LogP contribution is -2.28. The van der Waals surface area contributed by atoms with Gasteiger partial charge in [-0.1, -0.05) is 34.1 Å². The topological polar surface area (TPSA) is 47.3 Å². The first-order valence-corrected chi connectivity index (χ1v) is 7.42. The molecular formula is C14H21BrN2O. The molecule has 1 aliphatic rings. The van der Waals surface area contributed by atoms with E-state index >= 15 is 0 Å². The van der Waals surface area contributed by atoms with E-state index < -0.39 is 0 Å². The quantitative estimate of drug-likeness (QED) is 0.626. The van der Waals surface area contributed by atoms with E-state index in [1.165, 1.54) is 18.4 Å². The van der Waals surface area contributed by atoms with E-state index in [-0.39, 0.29) is 6.04 Å². The SMILES string of the molecule is NNC(CCCC1CCCO1)c1ccccc1Br. The van der Waals surface area contributed by atoms with Gasteiger partial charge in [-0.15, -0.1) is 0 Å². The Morgan fingerprint density at radius 3 is 2.94 bits per heavy atom. The average molecular weight is 313 g/mol. The molecule has 0 aromatic heterocycles. The highest BCUT2D eigenvalue weighted by Crippen LogP contribution is 2.27. The third-order valence-electron chi connectivity index (χ3n) is 3.52. The summed E-state index contributed by atoms with van der Waals surface area (Å²) in [7, 11) is 0. The molecule has 0 radical (unpaired) electrons. The van der Waals surface area contributed by atoms with Crippen molar-refractivity contribution in [2.24, 2.45) is 5.84 Å².